The highest BCUT2D eigenvalue weighted by Crippen LogP contribution is 2.26. The second-order valence-corrected chi connectivity index (χ2v) is 5.69. The SMILES string of the molecule is O=C(O)Nc1ccc(-n2cc(C(=O)c3ccc(Cl)cn3)cn2)c([N+](=O)[O-])c1. The summed E-state index contributed by atoms with van der Waals surface area (Å²) in [5.41, 5.74) is 0.0418. The summed E-state index contributed by atoms with van der Waals surface area (Å²) >= 11 is 5.74. The van der Waals surface area contributed by atoms with Crippen molar-refractivity contribution in [2.45, 2.75) is 0 Å². The second-order valence-electron chi connectivity index (χ2n) is 5.26. The fourth-order valence-electron chi connectivity index (χ4n) is 2.29. The van der Waals surface area contributed by atoms with E-state index < -0.39 is 16.8 Å². The largest absolute Gasteiger partial charge is 0.465 e. The van der Waals surface area contributed by atoms with E-state index >= 15 is 0 Å². The maximum Gasteiger partial charge on any atom is 0.409 e. The van der Waals surface area contributed by atoms with Gasteiger partial charge in [0, 0.05) is 18.5 Å². The average molecular weight is 388 g/mol. The monoisotopic (exact) mass is 387 g/mol. The number of ketones is 1. The van der Waals surface area contributed by atoms with Crippen LogP contribution in [0, 0.1) is 10.1 Å². The minimum atomic E-state index is -1.35. The Bertz CT molecular complexity index is 1050. The molecule has 0 aliphatic carbocycles. The van der Waals surface area contributed by atoms with Crippen molar-refractivity contribution >= 4 is 34.9 Å². The summed E-state index contributed by atoms with van der Waals surface area (Å²) < 4.78 is 1.16. The number of hydrogen-bond donors (Lipinski definition) is 2. The summed E-state index contributed by atoms with van der Waals surface area (Å²) in [6.07, 6.45) is 2.56. The van der Waals surface area contributed by atoms with Crippen LogP contribution in [0.5, 0.6) is 0 Å². The first-order valence-corrected chi connectivity index (χ1v) is 7.72. The zero-order valence-electron chi connectivity index (χ0n) is 13.4. The van der Waals surface area contributed by atoms with Crippen molar-refractivity contribution in [1.82, 2.24) is 14.8 Å². The first kappa shape index (κ1) is 18.0. The number of amides is 1. The van der Waals surface area contributed by atoms with E-state index in [2.05, 4.69) is 10.1 Å². The van der Waals surface area contributed by atoms with Gasteiger partial charge < -0.3 is 5.11 Å². The third kappa shape index (κ3) is 3.90. The molecule has 11 heteroatoms. The molecule has 0 saturated carbocycles. The van der Waals surface area contributed by atoms with Crippen LogP contribution in [-0.2, 0) is 0 Å². The Morgan fingerprint density at radius 1 is 1.22 bits per heavy atom. The van der Waals surface area contributed by atoms with E-state index in [1.807, 2.05) is 5.32 Å². The van der Waals surface area contributed by atoms with E-state index in [9.17, 15) is 19.7 Å². The van der Waals surface area contributed by atoms with Crippen LogP contribution in [0.15, 0.2) is 48.9 Å². The summed E-state index contributed by atoms with van der Waals surface area (Å²) in [4.78, 5) is 37.7. The first-order chi connectivity index (χ1) is 12.8. The minimum Gasteiger partial charge on any atom is -0.465 e. The number of nitrogens with zero attached hydrogens (tertiary/aromatic N) is 4. The lowest BCUT2D eigenvalue weighted by Crippen LogP contribution is -2.08. The molecule has 2 N–H and O–H groups in total. The highest BCUT2D eigenvalue weighted by Gasteiger charge is 2.20. The molecular formula is C16H10ClN5O5. The third-order valence-electron chi connectivity index (χ3n) is 3.48. The summed E-state index contributed by atoms with van der Waals surface area (Å²) in [6, 6.07) is 6.71. The molecule has 0 atom stereocenters. The van der Waals surface area contributed by atoms with Gasteiger partial charge in [-0.05, 0) is 24.3 Å². The molecule has 3 aromatic rings. The highest BCUT2D eigenvalue weighted by molar-refractivity contribution is 6.30. The normalized spacial score (nSPS) is 10.4. The quantitative estimate of drug-likeness (QED) is 0.389. The fourth-order valence-corrected chi connectivity index (χ4v) is 2.41. The molecule has 0 aliphatic heterocycles. The minimum absolute atomic E-state index is 0.0340. The van der Waals surface area contributed by atoms with Crippen LogP contribution in [0.25, 0.3) is 5.69 Å². The van der Waals surface area contributed by atoms with E-state index in [-0.39, 0.29) is 28.3 Å². The fraction of sp³-hybridized carbons (Fsp3) is 0. The van der Waals surface area contributed by atoms with Crippen molar-refractivity contribution in [3.8, 4) is 5.69 Å². The number of carboxylic acid groups (broad SMARTS) is 1. The van der Waals surface area contributed by atoms with Gasteiger partial charge in [0.1, 0.15) is 11.4 Å². The van der Waals surface area contributed by atoms with E-state index in [4.69, 9.17) is 16.7 Å². The maximum atomic E-state index is 12.4. The van der Waals surface area contributed by atoms with E-state index in [1.165, 1.54) is 42.9 Å². The Morgan fingerprint density at radius 3 is 2.63 bits per heavy atom. The third-order valence-corrected chi connectivity index (χ3v) is 3.70. The molecular weight excluding hydrogens is 378 g/mol. The Labute approximate surface area is 156 Å². The van der Waals surface area contributed by atoms with Gasteiger partial charge in [-0.1, -0.05) is 11.6 Å². The molecule has 0 bridgehead atoms. The van der Waals surface area contributed by atoms with Crippen molar-refractivity contribution in [2.24, 2.45) is 0 Å². The Hall–Kier alpha value is -3.79. The molecule has 0 unspecified atom stereocenters. The Balaban J connectivity index is 1.96. The molecule has 10 nitrogen and oxygen atoms in total. The van der Waals surface area contributed by atoms with Gasteiger partial charge >= 0.3 is 6.09 Å². The summed E-state index contributed by atoms with van der Waals surface area (Å²) in [5, 5.41) is 26.5. The van der Waals surface area contributed by atoms with Crippen LogP contribution >= 0.6 is 11.6 Å². The first-order valence-electron chi connectivity index (χ1n) is 7.35. The lowest BCUT2D eigenvalue weighted by atomic mass is 10.1. The lowest BCUT2D eigenvalue weighted by Gasteiger charge is -2.05. The Kier molecular flexibility index (Phi) is 4.81. The van der Waals surface area contributed by atoms with E-state index in [0.717, 1.165) is 10.7 Å². The molecule has 2 aromatic heterocycles. The molecule has 3 rings (SSSR count). The number of benzene rings is 1. The molecule has 136 valence electrons. The number of anilines is 1. The van der Waals surface area contributed by atoms with E-state index in [1.54, 1.807) is 0 Å². The maximum absolute atomic E-state index is 12.4. The second kappa shape index (κ2) is 7.22. The molecule has 0 radical (unpaired) electrons. The van der Waals surface area contributed by atoms with Gasteiger partial charge in [-0.15, -0.1) is 0 Å². The molecule has 0 aliphatic rings. The number of hydrogen-bond acceptors (Lipinski definition) is 6. The van der Waals surface area contributed by atoms with Crippen LogP contribution < -0.4 is 5.32 Å². The molecule has 27 heavy (non-hydrogen) atoms. The molecule has 2 heterocycles. The molecule has 0 spiro atoms. The van der Waals surface area contributed by atoms with Gasteiger partial charge in [0.25, 0.3) is 5.69 Å². The number of nitrogens with one attached hydrogen (secondary N) is 1. The number of pyridine rings is 1. The van der Waals surface area contributed by atoms with Gasteiger partial charge in [-0.3, -0.25) is 25.2 Å². The van der Waals surface area contributed by atoms with Crippen LogP contribution in [0.4, 0.5) is 16.2 Å². The van der Waals surface area contributed by atoms with Crippen LogP contribution in [0.3, 0.4) is 0 Å². The van der Waals surface area contributed by atoms with Crippen LogP contribution in [0.1, 0.15) is 16.1 Å². The van der Waals surface area contributed by atoms with Gasteiger partial charge in [0.05, 0.1) is 27.4 Å². The number of rotatable bonds is 5. The number of nitro groups is 1. The molecule has 1 amide bonds. The van der Waals surface area contributed by atoms with Crippen LogP contribution in [0.2, 0.25) is 5.02 Å². The zero-order valence-corrected chi connectivity index (χ0v) is 14.1. The highest BCUT2D eigenvalue weighted by atomic mass is 35.5. The predicted molar refractivity (Wildman–Crippen MR) is 94.5 cm³/mol. The number of halogens is 1. The Morgan fingerprint density at radius 2 is 2.00 bits per heavy atom. The van der Waals surface area contributed by atoms with Crippen molar-refractivity contribution in [3.63, 3.8) is 0 Å². The lowest BCUT2D eigenvalue weighted by molar-refractivity contribution is -0.384. The number of nitro benzene ring substituents is 1. The van der Waals surface area contributed by atoms with Crippen molar-refractivity contribution in [3.05, 3.63) is 75.3 Å². The van der Waals surface area contributed by atoms with Crippen molar-refractivity contribution in [1.29, 1.82) is 0 Å². The average Bonchev–Trinajstić information content (AvgIpc) is 3.11. The van der Waals surface area contributed by atoms with Crippen molar-refractivity contribution in [2.75, 3.05) is 5.32 Å². The van der Waals surface area contributed by atoms with Gasteiger partial charge in [0.2, 0.25) is 5.78 Å². The number of carbonyl (C=O) groups excluding carboxylic acids is 1. The topological polar surface area (TPSA) is 140 Å². The molecule has 0 fully saturated rings. The standard InChI is InChI=1S/C16H10ClN5O5/c17-10-1-3-12(18-7-10)15(23)9-6-19-21(8-9)13-4-2-11(20-16(24)25)5-14(13)22(26)27/h1-8,20H,(H,24,25). The number of carbonyl (C=O) groups is 2. The number of aromatic nitrogens is 3. The van der Waals surface area contributed by atoms with Crippen LogP contribution in [-0.4, -0.2) is 36.7 Å². The van der Waals surface area contributed by atoms with Crippen molar-refractivity contribution < 1.29 is 19.6 Å². The zero-order chi connectivity index (χ0) is 19.6. The summed E-state index contributed by atoms with van der Waals surface area (Å²) in [6.45, 7) is 0. The molecule has 0 saturated heterocycles. The molecule has 1 aromatic carbocycles. The smallest absolute Gasteiger partial charge is 0.409 e. The van der Waals surface area contributed by atoms with Gasteiger partial charge in [-0.2, -0.15) is 5.10 Å². The van der Waals surface area contributed by atoms with E-state index in [0.29, 0.717) is 5.02 Å². The summed E-state index contributed by atoms with van der Waals surface area (Å²) in [5.74, 6) is -0.426. The van der Waals surface area contributed by atoms with Gasteiger partial charge in [-0.25, -0.2) is 9.48 Å². The summed E-state index contributed by atoms with van der Waals surface area (Å²) in [7, 11) is 0. The predicted octanol–water partition coefficient (Wildman–Crippen LogP) is 3.15. The van der Waals surface area contributed by atoms with Gasteiger partial charge in [0.15, 0.2) is 0 Å².